The van der Waals surface area contributed by atoms with Crippen molar-refractivity contribution in [2.45, 2.75) is 51.9 Å². The third-order valence-electron chi connectivity index (χ3n) is 5.32. The topological polar surface area (TPSA) is 75.5 Å². The van der Waals surface area contributed by atoms with Crippen LogP contribution in [0.1, 0.15) is 60.2 Å². The van der Waals surface area contributed by atoms with Crippen LogP contribution in [0.3, 0.4) is 0 Å². The maximum Gasteiger partial charge on any atom is 0.192 e. The predicted molar refractivity (Wildman–Crippen MR) is 130 cm³/mol. The van der Waals surface area contributed by atoms with Crippen LogP contribution in [0.2, 0.25) is 0 Å². The van der Waals surface area contributed by atoms with Crippen molar-refractivity contribution >= 4 is 17.5 Å². The van der Waals surface area contributed by atoms with Crippen molar-refractivity contribution < 1.29 is 19.0 Å². The molecule has 8 heteroatoms. The molecule has 3 aromatic rings. The molecule has 0 aliphatic carbocycles. The van der Waals surface area contributed by atoms with E-state index >= 15 is 0 Å². The third-order valence-corrected chi connectivity index (χ3v) is 6.26. The fourth-order valence-corrected chi connectivity index (χ4v) is 4.58. The number of aromatic nitrogens is 3. The van der Waals surface area contributed by atoms with Gasteiger partial charge >= 0.3 is 0 Å². The average Bonchev–Trinajstić information content (AvgIpc) is 3.23. The molecule has 0 amide bonds. The number of benzene rings is 2. The third kappa shape index (κ3) is 5.50. The molecule has 1 unspecified atom stereocenters. The van der Waals surface area contributed by atoms with Gasteiger partial charge in [0, 0.05) is 11.6 Å². The number of aryl methyl sites for hydroxylation is 2. The summed E-state index contributed by atoms with van der Waals surface area (Å²) in [6.45, 7) is 9.91. The Morgan fingerprint density at radius 2 is 1.64 bits per heavy atom. The molecule has 0 radical (unpaired) electrons. The highest BCUT2D eigenvalue weighted by Gasteiger charge is 2.23. The van der Waals surface area contributed by atoms with Gasteiger partial charge in [-0.15, -0.1) is 10.2 Å². The van der Waals surface area contributed by atoms with Crippen molar-refractivity contribution in [3.05, 3.63) is 58.9 Å². The van der Waals surface area contributed by atoms with Crippen molar-refractivity contribution in [3.8, 4) is 17.2 Å². The minimum absolute atomic E-state index is 0.0430. The molecule has 33 heavy (non-hydrogen) atoms. The SMILES string of the molecule is COc1cc(C)c(C(=O)CSc2nnc(C(C)Oc3ccccc3OC)n2C(C)C)cc1C. The van der Waals surface area contributed by atoms with E-state index in [0.717, 1.165) is 16.9 Å². The summed E-state index contributed by atoms with van der Waals surface area (Å²) in [5.74, 6) is 3.08. The number of thioether (sulfide) groups is 1. The molecule has 0 aliphatic heterocycles. The summed E-state index contributed by atoms with van der Waals surface area (Å²) in [5.41, 5.74) is 2.53. The number of rotatable bonds is 10. The number of methoxy groups -OCH3 is 2. The van der Waals surface area contributed by atoms with E-state index in [0.29, 0.717) is 28.0 Å². The van der Waals surface area contributed by atoms with Crippen molar-refractivity contribution in [3.63, 3.8) is 0 Å². The summed E-state index contributed by atoms with van der Waals surface area (Å²) < 4.78 is 18.9. The molecule has 2 aromatic carbocycles. The fraction of sp³-hybridized carbons (Fsp3) is 0.400. The van der Waals surface area contributed by atoms with Gasteiger partial charge in [0.1, 0.15) is 5.75 Å². The monoisotopic (exact) mass is 469 g/mol. The van der Waals surface area contributed by atoms with Crippen LogP contribution in [-0.4, -0.2) is 40.5 Å². The molecule has 0 bridgehead atoms. The van der Waals surface area contributed by atoms with E-state index in [1.165, 1.54) is 11.8 Å². The van der Waals surface area contributed by atoms with Gasteiger partial charge in [-0.3, -0.25) is 4.79 Å². The smallest absolute Gasteiger partial charge is 0.192 e. The van der Waals surface area contributed by atoms with Gasteiger partial charge in [0.15, 0.2) is 34.4 Å². The van der Waals surface area contributed by atoms with Crippen LogP contribution in [0.5, 0.6) is 17.2 Å². The van der Waals surface area contributed by atoms with Gasteiger partial charge in [0.25, 0.3) is 0 Å². The van der Waals surface area contributed by atoms with Crippen LogP contribution in [-0.2, 0) is 0 Å². The molecule has 0 saturated heterocycles. The number of para-hydroxylation sites is 2. The van der Waals surface area contributed by atoms with Gasteiger partial charge in [-0.25, -0.2) is 0 Å². The lowest BCUT2D eigenvalue weighted by Gasteiger charge is -2.19. The average molecular weight is 470 g/mol. The van der Waals surface area contributed by atoms with Crippen molar-refractivity contribution in [1.29, 1.82) is 0 Å². The van der Waals surface area contributed by atoms with Gasteiger partial charge < -0.3 is 18.8 Å². The van der Waals surface area contributed by atoms with E-state index < -0.39 is 0 Å². The summed E-state index contributed by atoms with van der Waals surface area (Å²) in [6.07, 6.45) is -0.354. The molecule has 0 N–H and O–H groups in total. The number of hydrogen-bond donors (Lipinski definition) is 0. The van der Waals surface area contributed by atoms with E-state index in [1.807, 2.05) is 61.7 Å². The number of ketones is 1. The summed E-state index contributed by atoms with van der Waals surface area (Å²) in [5, 5.41) is 9.45. The summed E-state index contributed by atoms with van der Waals surface area (Å²) in [6, 6.07) is 11.4. The van der Waals surface area contributed by atoms with Gasteiger partial charge in [-0.1, -0.05) is 23.9 Å². The summed E-state index contributed by atoms with van der Waals surface area (Å²) in [7, 11) is 3.25. The Bertz CT molecular complexity index is 1130. The van der Waals surface area contributed by atoms with Crippen molar-refractivity contribution in [2.75, 3.05) is 20.0 Å². The lowest BCUT2D eigenvalue weighted by molar-refractivity contribution is 0.102. The van der Waals surface area contributed by atoms with Crippen LogP contribution in [0.25, 0.3) is 0 Å². The van der Waals surface area contributed by atoms with Gasteiger partial charge in [0.2, 0.25) is 0 Å². The molecule has 3 rings (SSSR count). The zero-order valence-electron chi connectivity index (χ0n) is 20.2. The molecule has 0 saturated carbocycles. The highest BCUT2D eigenvalue weighted by atomic mass is 32.2. The second-order valence-electron chi connectivity index (χ2n) is 8.06. The van der Waals surface area contributed by atoms with Gasteiger partial charge in [-0.2, -0.15) is 0 Å². The quantitative estimate of drug-likeness (QED) is 0.282. The molecule has 1 aromatic heterocycles. The normalized spacial score (nSPS) is 12.0. The van der Waals surface area contributed by atoms with Crippen molar-refractivity contribution in [2.24, 2.45) is 0 Å². The van der Waals surface area contributed by atoms with E-state index in [-0.39, 0.29) is 23.7 Å². The molecule has 7 nitrogen and oxygen atoms in total. The first-order valence-corrected chi connectivity index (χ1v) is 11.8. The Labute approximate surface area is 199 Å². The standard InChI is InChI=1S/C25H31N3O4S/c1-15(2)28-24(18(5)32-22-11-9-8-10-21(22)30-6)26-27-25(28)33-14-20(29)19-12-17(4)23(31-7)13-16(19)3/h8-13,15,18H,14H2,1-7H3. The summed E-state index contributed by atoms with van der Waals surface area (Å²) in [4.78, 5) is 13.0. The first-order chi connectivity index (χ1) is 15.8. The number of nitrogens with zero attached hydrogens (tertiary/aromatic N) is 3. The van der Waals surface area contributed by atoms with Gasteiger partial charge in [-0.05, 0) is 70.0 Å². The second kappa shape index (κ2) is 10.7. The molecular formula is C25H31N3O4S. The van der Waals surface area contributed by atoms with Crippen LogP contribution >= 0.6 is 11.8 Å². The Balaban J connectivity index is 1.78. The summed E-state index contributed by atoms with van der Waals surface area (Å²) >= 11 is 1.38. The zero-order chi connectivity index (χ0) is 24.1. The van der Waals surface area contributed by atoms with Crippen molar-refractivity contribution in [1.82, 2.24) is 14.8 Å². The molecule has 0 spiro atoms. The highest BCUT2D eigenvalue weighted by molar-refractivity contribution is 7.99. The molecule has 0 aliphatic rings. The molecule has 1 heterocycles. The Kier molecular flexibility index (Phi) is 8.02. The van der Waals surface area contributed by atoms with E-state index in [9.17, 15) is 4.79 Å². The van der Waals surface area contributed by atoms with Crippen LogP contribution in [0, 0.1) is 13.8 Å². The first kappa shape index (κ1) is 24.6. The number of carbonyl (C=O) groups is 1. The predicted octanol–water partition coefficient (Wildman–Crippen LogP) is 5.61. The largest absolute Gasteiger partial charge is 0.496 e. The molecule has 0 fully saturated rings. The van der Waals surface area contributed by atoms with Crippen LogP contribution < -0.4 is 14.2 Å². The zero-order valence-corrected chi connectivity index (χ0v) is 21.0. The van der Waals surface area contributed by atoms with E-state index in [2.05, 4.69) is 24.0 Å². The van der Waals surface area contributed by atoms with Gasteiger partial charge in [0.05, 0.1) is 20.0 Å². The number of hydrogen-bond acceptors (Lipinski definition) is 7. The fourth-order valence-electron chi connectivity index (χ4n) is 3.63. The second-order valence-corrected chi connectivity index (χ2v) is 9.01. The minimum atomic E-state index is -0.354. The highest BCUT2D eigenvalue weighted by Crippen LogP contribution is 2.32. The maximum atomic E-state index is 13.0. The first-order valence-electron chi connectivity index (χ1n) is 10.8. The number of ether oxygens (including phenoxy) is 3. The van der Waals surface area contributed by atoms with E-state index in [4.69, 9.17) is 14.2 Å². The molecule has 176 valence electrons. The van der Waals surface area contributed by atoms with E-state index in [1.54, 1.807) is 14.2 Å². The molecular weight excluding hydrogens is 438 g/mol. The maximum absolute atomic E-state index is 13.0. The Morgan fingerprint density at radius 3 is 2.27 bits per heavy atom. The minimum Gasteiger partial charge on any atom is -0.496 e. The lowest BCUT2D eigenvalue weighted by atomic mass is 10.0. The Morgan fingerprint density at radius 1 is 0.970 bits per heavy atom. The Hall–Kier alpha value is -3.00. The number of Topliss-reactive ketones (excluding diaryl/α,β-unsaturated/α-hetero) is 1. The van der Waals surface area contributed by atoms with Crippen LogP contribution in [0.4, 0.5) is 0 Å². The molecule has 1 atom stereocenters. The number of carbonyl (C=O) groups excluding carboxylic acids is 1. The van der Waals surface area contributed by atoms with Crippen LogP contribution in [0.15, 0.2) is 41.6 Å². The lowest BCUT2D eigenvalue weighted by Crippen LogP contribution is -2.15.